The number of ether oxygens (including phenoxy) is 1. The van der Waals surface area contributed by atoms with E-state index in [0.29, 0.717) is 18.2 Å². The number of rotatable bonds is 6. The summed E-state index contributed by atoms with van der Waals surface area (Å²) in [6.07, 6.45) is 6.34. The Bertz CT molecular complexity index is 807. The summed E-state index contributed by atoms with van der Waals surface area (Å²) < 4.78 is 21.1. The van der Waals surface area contributed by atoms with Gasteiger partial charge in [-0.15, -0.1) is 0 Å². The maximum Gasteiger partial charge on any atom is 0.255 e. The van der Waals surface area contributed by atoms with E-state index in [4.69, 9.17) is 16.3 Å². The highest BCUT2D eigenvalue weighted by molar-refractivity contribution is 6.32. The summed E-state index contributed by atoms with van der Waals surface area (Å²) in [7, 11) is 1.73. The van der Waals surface area contributed by atoms with Crippen molar-refractivity contribution >= 4 is 29.1 Å². The third kappa shape index (κ3) is 5.29. The predicted octanol–water partition coefficient (Wildman–Crippen LogP) is 2.82. The van der Waals surface area contributed by atoms with Crippen molar-refractivity contribution in [3.05, 3.63) is 23.4 Å². The Kier molecular flexibility index (Phi) is 6.10. The quantitative estimate of drug-likeness (QED) is 0.779. The molecule has 2 aromatic rings. The molecule has 0 spiro atoms. The Hall–Kier alpha value is -2.42. The third-order valence-corrected chi connectivity index (χ3v) is 4.73. The van der Waals surface area contributed by atoms with Crippen LogP contribution < -0.4 is 15.4 Å². The number of anilines is 2. The van der Waals surface area contributed by atoms with E-state index < -0.39 is 5.82 Å². The Balaban J connectivity index is 1.56. The van der Waals surface area contributed by atoms with Crippen molar-refractivity contribution in [1.82, 2.24) is 25.1 Å². The predicted molar refractivity (Wildman–Crippen MR) is 98.5 cm³/mol. The van der Waals surface area contributed by atoms with Gasteiger partial charge in [0, 0.05) is 26.2 Å². The molecule has 10 heteroatoms. The van der Waals surface area contributed by atoms with Crippen LogP contribution in [-0.4, -0.2) is 38.3 Å². The van der Waals surface area contributed by atoms with Gasteiger partial charge in [-0.1, -0.05) is 11.6 Å². The molecule has 2 heterocycles. The molecule has 0 aliphatic heterocycles. The van der Waals surface area contributed by atoms with Gasteiger partial charge < -0.3 is 15.4 Å². The number of hydrogen-bond acceptors (Lipinski definition) is 6. The lowest BCUT2D eigenvalue weighted by atomic mass is 9.86. The second-order valence-electron chi connectivity index (χ2n) is 6.71. The van der Waals surface area contributed by atoms with Crippen molar-refractivity contribution in [1.29, 1.82) is 0 Å². The standard InChI is InChI=1S/C17H22ClFN6O2/c1-10(26)21-12-5-3-11(4-6-12)9-27-16-13(19)7-20-17(23-16)22-14-8-25(2)24-15(14)18/h7-8,11-12H,3-6,9H2,1-2H3,(H,21,26)(H,20,22,23). The fraction of sp³-hybridized carbons (Fsp3) is 0.529. The number of aryl methyl sites for hydroxylation is 1. The molecule has 0 aromatic carbocycles. The first-order valence-electron chi connectivity index (χ1n) is 8.79. The van der Waals surface area contributed by atoms with Gasteiger partial charge in [0.2, 0.25) is 17.7 Å². The number of hydrogen-bond donors (Lipinski definition) is 2. The number of carbonyl (C=O) groups is 1. The number of carbonyl (C=O) groups excluding carboxylic acids is 1. The molecule has 146 valence electrons. The molecule has 0 saturated heterocycles. The van der Waals surface area contributed by atoms with Crippen LogP contribution in [0.25, 0.3) is 0 Å². The van der Waals surface area contributed by atoms with Crippen molar-refractivity contribution in [2.45, 2.75) is 38.6 Å². The smallest absolute Gasteiger partial charge is 0.255 e. The largest absolute Gasteiger partial charge is 0.475 e. The van der Waals surface area contributed by atoms with Crippen molar-refractivity contribution < 1.29 is 13.9 Å². The second kappa shape index (κ2) is 8.51. The highest BCUT2D eigenvalue weighted by Crippen LogP contribution is 2.27. The van der Waals surface area contributed by atoms with Gasteiger partial charge in [-0.05, 0) is 31.6 Å². The highest BCUT2D eigenvalue weighted by Gasteiger charge is 2.23. The second-order valence-corrected chi connectivity index (χ2v) is 7.07. The van der Waals surface area contributed by atoms with E-state index in [2.05, 4.69) is 25.7 Å². The fourth-order valence-corrected chi connectivity index (χ4v) is 3.35. The van der Waals surface area contributed by atoms with Crippen LogP contribution in [0.15, 0.2) is 12.4 Å². The van der Waals surface area contributed by atoms with E-state index >= 15 is 0 Å². The van der Waals surface area contributed by atoms with Gasteiger partial charge in [0.05, 0.1) is 18.5 Å². The topological polar surface area (TPSA) is 94.0 Å². The van der Waals surface area contributed by atoms with E-state index in [0.717, 1.165) is 31.9 Å². The van der Waals surface area contributed by atoms with E-state index in [1.54, 1.807) is 17.9 Å². The normalized spacial score (nSPS) is 19.6. The first kappa shape index (κ1) is 19.3. The molecule has 3 rings (SSSR count). The minimum atomic E-state index is -0.621. The number of aromatic nitrogens is 4. The van der Waals surface area contributed by atoms with Gasteiger partial charge in [0.1, 0.15) is 0 Å². The molecule has 2 aromatic heterocycles. The molecule has 0 atom stereocenters. The van der Waals surface area contributed by atoms with Crippen LogP contribution in [0.5, 0.6) is 5.88 Å². The van der Waals surface area contributed by atoms with Crippen molar-refractivity contribution in [3.8, 4) is 5.88 Å². The van der Waals surface area contributed by atoms with E-state index in [-0.39, 0.29) is 28.9 Å². The minimum Gasteiger partial charge on any atom is -0.475 e. The van der Waals surface area contributed by atoms with Crippen molar-refractivity contribution in [3.63, 3.8) is 0 Å². The SMILES string of the molecule is CC(=O)NC1CCC(COc2nc(Nc3cn(C)nc3Cl)ncc2F)CC1. The van der Waals surface area contributed by atoms with Crippen LogP contribution in [0.1, 0.15) is 32.6 Å². The average molecular weight is 397 g/mol. The molecular weight excluding hydrogens is 375 g/mol. The number of nitrogens with one attached hydrogen (secondary N) is 2. The maximum absolute atomic E-state index is 14.0. The molecule has 8 nitrogen and oxygen atoms in total. The van der Waals surface area contributed by atoms with Crippen LogP contribution in [0.3, 0.4) is 0 Å². The summed E-state index contributed by atoms with van der Waals surface area (Å²) in [5, 5.41) is 10.1. The molecule has 1 saturated carbocycles. The van der Waals surface area contributed by atoms with Crippen molar-refractivity contribution in [2.24, 2.45) is 13.0 Å². The Labute approximate surface area is 161 Å². The first-order chi connectivity index (χ1) is 12.9. The molecule has 1 aliphatic carbocycles. The number of halogens is 2. The average Bonchev–Trinajstić information content (AvgIpc) is 2.93. The van der Waals surface area contributed by atoms with Crippen LogP contribution in [0.4, 0.5) is 16.0 Å². The molecule has 2 N–H and O–H groups in total. The van der Waals surface area contributed by atoms with E-state index in [1.807, 2.05) is 0 Å². The molecular formula is C17H22ClFN6O2. The number of amides is 1. The van der Waals surface area contributed by atoms with Crippen LogP contribution >= 0.6 is 11.6 Å². The van der Waals surface area contributed by atoms with Crippen LogP contribution in [0.2, 0.25) is 5.15 Å². The molecule has 0 radical (unpaired) electrons. The fourth-order valence-electron chi connectivity index (χ4n) is 3.14. The summed E-state index contributed by atoms with van der Waals surface area (Å²) in [6, 6.07) is 0.217. The Morgan fingerprint density at radius 1 is 1.41 bits per heavy atom. The summed E-state index contributed by atoms with van der Waals surface area (Å²) in [5.74, 6) is -0.253. The monoisotopic (exact) mass is 396 g/mol. The molecule has 1 fully saturated rings. The highest BCUT2D eigenvalue weighted by atomic mass is 35.5. The lowest BCUT2D eigenvalue weighted by Gasteiger charge is -2.28. The van der Waals surface area contributed by atoms with Gasteiger partial charge >= 0.3 is 0 Å². The Morgan fingerprint density at radius 3 is 2.78 bits per heavy atom. The molecule has 0 unspecified atom stereocenters. The van der Waals surface area contributed by atoms with E-state index in [9.17, 15) is 9.18 Å². The van der Waals surface area contributed by atoms with Gasteiger partial charge in [0.15, 0.2) is 5.15 Å². The lowest BCUT2D eigenvalue weighted by molar-refractivity contribution is -0.119. The minimum absolute atomic E-state index is 0.00787. The zero-order valence-electron chi connectivity index (χ0n) is 15.2. The maximum atomic E-state index is 14.0. The van der Waals surface area contributed by atoms with Crippen molar-refractivity contribution in [2.75, 3.05) is 11.9 Å². The van der Waals surface area contributed by atoms with Crippen LogP contribution in [-0.2, 0) is 11.8 Å². The molecule has 27 heavy (non-hydrogen) atoms. The van der Waals surface area contributed by atoms with Gasteiger partial charge in [-0.3, -0.25) is 9.48 Å². The van der Waals surface area contributed by atoms with Gasteiger partial charge in [-0.2, -0.15) is 14.5 Å². The Morgan fingerprint density at radius 2 is 2.15 bits per heavy atom. The van der Waals surface area contributed by atoms with Gasteiger partial charge in [0.25, 0.3) is 5.88 Å². The first-order valence-corrected chi connectivity index (χ1v) is 9.17. The lowest BCUT2D eigenvalue weighted by Crippen LogP contribution is -2.37. The summed E-state index contributed by atoms with van der Waals surface area (Å²) >= 11 is 5.99. The zero-order valence-corrected chi connectivity index (χ0v) is 16.0. The molecule has 0 bridgehead atoms. The van der Waals surface area contributed by atoms with Gasteiger partial charge in [-0.25, -0.2) is 4.98 Å². The van der Waals surface area contributed by atoms with Crippen LogP contribution in [0, 0.1) is 11.7 Å². The third-order valence-electron chi connectivity index (χ3n) is 4.45. The summed E-state index contributed by atoms with van der Waals surface area (Å²) in [6.45, 7) is 1.89. The summed E-state index contributed by atoms with van der Waals surface area (Å²) in [4.78, 5) is 19.1. The zero-order chi connectivity index (χ0) is 19.4. The molecule has 1 amide bonds. The summed E-state index contributed by atoms with van der Waals surface area (Å²) in [5.41, 5.74) is 0.521. The number of nitrogens with zero attached hydrogens (tertiary/aromatic N) is 4. The molecule has 1 aliphatic rings. The van der Waals surface area contributed by atoms with E-state index in [1.165, 1.54) is 6.92 Å².